The Morgan fingerprint density at radius 3 is 1.32 bits per heavy atom. The fourth-order valence-electron chi connectivity index (χ4n) is 9.52. The highest BCUT2D eigenvalue weighted by molar-refractivity contribution is 6.24. The molecule has 0 fully saturated rings. The minimum Gasteiger partial charge on any atom is -0.452 e. The van der Waals surface area contributed by atoms with Crippen LogP contribution in [0.5, 0.6) is 0 Å². The van der Waals surface area contributed by atoms with Gasteiger partial charge >= 0.3 is 0 Å². The van der Waals surface area contributed by atoms with E-state index in [2.05, 4.69) is 200 Å². The molecule has 6 heteroatoms. The molecule has 0 aliphatic heterocycles. The second kappa shape index (κ2) is 11.4. The molecule has 0 bridgehead atoms. The summed E-state index contributed by atoms with van der Waals surface area (Å²) in [6.45, 7) is 0. The van der Waals surface area contributed by atoms with Gasteiger partial charge in [0.2, 0.25) is 0 Å². The van der Waals surface area contributed by atoms with Crippen LogP contribution in [0.4, 0.5) is 0 Å². The van der Waals surface area contributed by atoms with Gasteiger partial charge in [0.05, 0.1) is 22.1 Å². The molecule has 57 heavy (non-hydrogen) atoms. The number of para-hydroxylation sites is 6. The number of rotatable bonds is 4. The van der Waals surface area contributed by atoms with Gasteiger partial charge in [-0.2, -0.15) is 0 Å². The van der Waals surface area contributed by atoms with Crippen molar-refractivity contribution in [2.45, 2.75) is 0 Å². The van der Waals surface area contributed by atoms with Crippen molar-refractivity contribution in [2.24, 2.45) is 0 Å². The van der Waals surface area contributed by atoms with Crippen LogP contribution < -0.4 is 0 Å². The first-order chi connectivity index (χ1) is 28.3. The highest BCUT2D eigenvalue weighted by Crippen LogP contribution is 2.44. The lowest BCUT2D eigenvalue weighted by Gasteiger charge is -2.13. The monoisotopic (exact) mass is 729 g/mol. The molecule has 0 saturated heterocycles. The van der Waals surface area contributed by atoms with Gasteiger partial charge in [0.25, 0.3) is 0 Å². The van der Waals surface area contributed by atoms with Crippen LogP contribution in [-0.2, 0) is 0 Å². The number of benzene rings is 7. The Morgan fingerprint density at radius 2 is 0.789 bits per heavy atom. The fraction of sp³-hybridized carbons (Fsp3) is 0. The third kappa shape index (κ3) is 4.05. The minimum atomic E-state index is 0.748. The number of aromatic nitrogens is 5. The van der Waals surface area contributed by atoms with Crippen LogP contribution in [0.25, 0.3) is 110 Å². The van der Waals surface area contributed by atoms with Gasteiger partial charge in [-0.05, 0) is 72.8 Å². The predicted octanol–water partition coefficient (Wildman–Crippen LogP) is 13.1. The lowest BCUT2D eigenvalue weighted by atomic mass is 10.1. The normalized spacial score (nSPS) is 12.2. The Kier molecular flexibility index (Phi) is 6.07. The number of fused-ring (bicyclic) bond motifs is 13. The summed E-state index contributed by atoms with van der Waals surface area (Å²) < 4.78 is 16.4. The topological polar surface area (TPSA) is 45.8 Å². The van der Waals surface area contributed by atoms with Crippen LogP contribution >= 0.6 is 0 Å². The molecule has 0 aliphatic rings. The van der Waals surface area contributed by atoms with Crippen molar-refractivity contribution in [2.75, 3.05) is 0 Å². The maximum atomic E-state index is 6.91. The number of furan rings is 1. The first-order valence-electron chi connectivity index (χ1n) is 19.3. The third-order valence-corrected chi connectivity index (χ3v) is 11.8. The van der Waals surface area contributed by atoms with E-state index in [4.69, 9.17) is 9.40 Å². The van der Waals surface area contributed by atoms with Gasteiger partial charge in [0, 0.05) is 66.3 Å². The molecule has 0 atom stereocenters. The van der Waals surface area contributed by atoms with E-state index >= 15 is 0 Å². The average Bonchev–Trinajstić information content (AvgIpc) is 4.06. The standard InChI is InChI=1S/C51H31N5O/c1-3-15-32(16-4-1)53-41-23-11-7-19-36(41)46-38-21-9-13-25-43(38)55(50(46)53)34-27-28-45-40(31-34)35-29-30-52-49(48(35)57-45)56-44-26-14-10-22-39(44)47-37-20-8-12-24-42(37)54(51(47)56)33-17-5-2-6-18-33/h1-31H. The molecule has 0 saturated carbocycles. The van der Waals surface area contributed by atoms with Crippen molar-refractivity contribution >= 4 is 87.6 Å². The number of hydrogen-bond donors (Lipinski definition) is 0. The third-order valence-electron chi connectivity index (χ3n) is 11.8. The molecule has 266 valence electrons. The summed E-state index contributed by atoms with van der Waals surface area (Å²) >= 11 is 0. The molecule has 6 aromatic heterocycles. The molecule has 0 amide bonds. The van der Waals surface area contributed by atoms with Crippen molar-refractivity contribution in [3.63, 3.8) is 0 Å². The molecular formula is C51H31N5O. The lowest BCUT2D eigenvalue weighted by molar-refractivity contribution is 0.663. The summed E-state index contributed by atoms with van der Waals surface area (Å²) in [7, 11) is 0. The average molecular weight is 730 g/mol. The zero-order valence-corrected chi connectivity index (χ0v) is 30.5. The van der Waals surface area contributed by atoms with E-state index in [-0.39, 0.29) is 0 Å². The fourth-order valence-corrected chi connectivity index (χ4v) is 9.52. The Balaban J connectivity index is 1.12. The largest absolute Gasteiger partial charge is 0.452 e. The van der Waals surface area contributed by atoms with E-state index in [0.29, 0.717) is 0 Å². The van der Waals surface area contributed by atoms with Crippen LogP contribution in [0.15, 0.2) is 193 Å². The quantitative estimate of drug-likeness (QED) is 0.181. The van der Waals surface area contributed by atoms with Gasteiger partial charge in [-0.1, -0.05) is 109 Å². The van der Waals surface area contributed by atoms with E-state index in [1.807, 2.05) is 6.20 Å². The molecule has 0 aliphatic carbocycles. The molecule has 6 nitrogen and oxygen atoms in total. The maximum absolute atomic E-state index is 6.91. The van der Waals surface area contributed by atoms with E-state index in [1.54, 1.807) is 0 Å². The highest BCUT2D eigenvalue weighted by Gasteiger charge is 2.26. The van der Waals surface area contributed by atoms with Crippen molar-refractivity contribution in [3.05, 3.63) is 188 Å². The summed E-state index contributed by atoms with van der Waals surface area (Å²) in [5, 5.41) is 9.32. The lowest BCUT2D eigenvalue weighted by Crippen LogP contribution is -2.03. The molecule has 7 aromatic carbocycles. The number of pyridine rings is 1. The highest BCUT2D eigenvalue weighted by atomic mass is 16.3. The minimum absolute atomic E-state index is 0.748. The van der Waals surface area contributed by atoms with Crippen LogP contribution in [0.1, 0.15) is 0 Å². The van der Waals surface area contributed by atoms with Crippen LogP contribution in [0.3, 0.4) is 0 Å². The summed E-state index contributed by atoms with van der Waals surface area (Å²) in [5.74, 6) is 0.759. The number of nitrogens with zero attached hydrogens (tertiary/aromatic N) is 5. The molecule has 6 heterocycles. The van der Waals surface area contributed by atoms with Gasteiger partial charge in [-0.3, -0.25) is 18.3 Å². The Hall–Kier alpha value is -7.83. The summed E-state index contributed by atoms with van der Waals surface area (Å²) in [6.07, 6.45) is 1.92. The molecule has 0 unspecified atom stereocenters. The van der Waals surface area contributed by atoms with Crippen LogP contribution in [0, 0.1) is 0 Å². The molecule has 13 aromatic rings. The Morgan fingerprint density at radius 1 is 0.351 bits per heavy atom. The molecule has 0 N–H and O–H groups in total. The smallest absolute Gasteiger partial charge is 0.183 e. The molecular weight excluding hydrogens is 699 g/mol. The maximum Gasteiger partial charge on any atom is 0.183 e. The zero-order valence-electron chi connectivity index (χ0n) is 30.5. The predicted molar refractivity (Wildman–Crippen MR) is 234 cm³/mol. The van der Waals surface area contributed by atoms with E-state index < -0.39 is 0 Å². The second-order valence-corrected chi connectivity index (χ2v) is 14.8. The van der Waals surface area contributed by atoms with Gasteiger partial charge in [0.15, 0.2) is 11.4 Å². The van der Waals surface area contributed by atoms with Crippen molar-refractivity contribution in [1.82, 2.24) is 23.3 Å². The van der Waals surface area contributed by atoms with Gasteiger partial charge in [0.1, 0.15) is 16.9 Å². The van der Waals surface area contributed by atoms with E-state index in [0.717, 1.165) is 72.7 Å². The van der Waals surface area contributed by atoms with Crippen LogP contribution in [-0.4, -0.2) is 23.3 Å². The van der Waals surface area contributed by atoms with Crippen molar-refractivity contribution in [3.8, 4) is 22.9 Å². The Labute approximate surface area is 325 Å². The van der Waals surface area contributed by atoms with Gasteiger partial charge in [-0.15, -0.1) is 0 Å². The molecule has 13 rings (SSSR count). The summed E-state index contributed by atoms with van der Waals surface area (Å²) in [4.78, 5) is 5.12. The number of hydrogen-bond acceptors (Lipinski definition) is 2. The van der Waals surface area contributed by atoms with Crippen molar-refractivity contribution < 1.29 is 4.42 Å². The van der Waals surface area contributed by atoms with Crippen molar-refractivity contribution in [1.29, 1.82) is 0 Å². The molecule has 0 radical (unpaired) electrons. The Bertz CT molecular complexity index is 3750. The van der Waals surface area contributed by atoms with Gasteiger partial charge in [-0.25, -0.2) is 4.98 Å². The van der Waals surface area contributed by atoms with Crippen LogP contribution in [0.2, 0.25) is 0 Å². The zero-order chi connectivity index (χ0) is 37.2. The molecule has 0 spiro atoms. The van der Waals surface area contributed by atoms with E-state index in [9.17, 15) is 0 Å². The van der Waals surface area contributed by atoms with E-state index in [1.165, 1.54) is 37.8 Å². The first kappa shape index (κ1) is 30.5. The SMILES string of the molecule is c1ccc(-n2c3ccccc3c3c4ccccc4n(-c4ccc5oc6c(-n7c8ccccc8c8c9ccccc9n(-c9ccccc9)c87)nccc6c5c4)c32)cc1. The summed E-state index contributed by atoms with van der Waals surface area (Å²) in [5.41, 5.74) is 11.6. The first-order valence-corrected chi connectivity index (χ1v) is 19.3. The summed E-state index contributed by atoms with van der Waals surface area (Å²) in [6, 6.07) is 64.8. The second-order valence-electron chi connectivity index (χ2n) is 14.8. The van der Waals surface area contributed by atoms with Gasteiger partial charge < -0.3 is 4.42 Å².